The van der Waals surface area contributed by atoms with Crippen LogP contribution in [-0.2, 0) is 4.79 Å². The standard InChI is InChI=1S/C19H19F2NO4/c1-19(17(24)25)7-4-8-22(11-19)16(23)14-9-12-5-2-3-6-13(12)10-15(14)26-18(20)21/h2-3,5-6,9-10,18H,4,7-8,11H2,1H3,(H,24,25). The van der Waals surface area contributed by atoms with Crippen molar-refractivity contribution < 1.29 is 28.2 Å². The first-order valence-electron chi connectivity index (χ1n) is 8.30. The molecule has 0 saturated carbocycles. The van der Waals surface area contributed by atoms with Crippen LogP contribution in [0.5, 0.6) is 5.75 Å². The molecule has 0 radical (unpaired) electrons. The van der Waals surface area contributed by atoms with E-state index in [-0.39, 0.29) is 17.9 Å². The monoisotopic (exact) mass is 363 g/mol. The zero-order valence-electron chi connectivity index (χ0n) is 14.2. The lowest BCUT2D eigenvalue weighted by Crippen LogP contribution is -2.48. The molecule has 1 amide bonds. The van der Waals surface area contributed by atoms with Crippen molar-refractivity contribution in [2.45, 2.75) is 26.4 Å². The minimum Gasteiger partial charge on any atom is -0.481 e. The van der Waals surface area contributed by atoms with Crippen molar-refractivity contribution in [3.05, 3.63) is 42.0 Å². The van der Waals surface area contributed by atoms with Gasteiger partial charge in [0.15, 0.2) is 0 Å². The number of hydrogen-bond donors (Lipinski definition) is 1. The molecule has 0 spiro atoms. The molecular formula is C19H19F2NO4. The number of benzene rings is 2. The average Bonchev–Trinajstić information content (AvgIpc) is 2.60. The number of amides is 1. The van der Waals surface area contributed by atoms with E-state index in [0.29, 0.717) is 24.8 Å². The van der Waals surface area contributed by atoms with Crippen molar-refractivity contribution in [2.75, 3.05) is 13.1 Å². The molecule has 1 aliphatic rings. The molecule has 1 atom stereocenters. The van der Waals surface area contributed by atoms with Gasteiger partial charge in [-0.1, -0.05) is 24.3 Å². The van der Waals surface area contributed by atoms with Crippen LogP contribution in [0, 0.1) is 5.41 Å². The number of carboxylic acids is 1. The highest BCUT2D eigenvalue weighted by Gasteiger charge is 2.40. The molecule has 1 N–H and O–H groups in total. The average molecular weight is 363 g/mol. The molecule has 1 unspecified atom stereocenters. The first-order valence-corrected chi connectivity index (χ1v) is 8.30. The third kappa shape index (κ3) is 3.47. The van der Waals surface area contributed by atoms with E-state index in [9.17, 15) is 23.5 Å². The van der Waals surface area contributed by atoms with E-state index in [2.05, 4.69) is 4.74 Å². The highest BCUT2D eigenvalue weighted by molar-refractivity contribution is 6.02. The molecule has 0 bridgehead atoms. The van der Waals surface area contributed by atoms with Gasteiger partial charge in [0.1, 0.15) is 5.75 Å². The number of aliphatic carboxylic acids is 1. The number of likely N-dealkylation sites (tertiary alicyclic amines) is 1. The number of piperidine rings is 1. The van der Waals surface area contributed by atoms with Crippen molar-refractivity contribution >= 4 is 22.6 Å². The van der Waals surface area contributed by atoms with Crippen LogP contribution in [0.2, 0.25) is 0 Å². The maximum absolute atomic E-state index is 13.0. The lowest BCUT2D eigenvalue weighted by molar-refractivity contribution is -0.150. The summed E-state index contributed by atoms with van der Waals surface area (Å²) in [6.45, 7) is -1.07. The fraction of sp³-hybridized carbons (Fsp3) is 0.368. The van der Waals surface area contributed by atoms with Crippen LogP contribution >= 0.6 is 0 Å². The van der Waals surface area contributed by atoms with Crippen LogP contribution in [0.25, 0.3) is 10.8 Å². The Morgan fingerprint density at radius 3 is 2.50 bits per heavy atom. The van der Waals surface area contributed by atoms with Crippen LogP contribution in [0.4, 0.5) is 8.78 Å². The second-order valence-electron chi connectivity index (χ2n) is 6.77. The lowest BCUT2D eigenvalue weighted by atomic mass is 9.82. The summed E-state index contributed by atoms with van der Waals surface area (Å²) in [4.78, 5) is 25.9. The number of carbonyl (C=O) groups excluding carboxylic acids is 1. The van der Waals surface area contributed by atoms with Gasteiger partial charge in [-0.2, -0.15) is 8.78 Å². The number of nitrogens with zero attached hydrogens (tertiary/aromatic N) is 1. The summed E-state index contributed by atoms with van der Waals surface area (Å²) in [5, 5.41) is 10.8. The minimum atomic E-state index is -3.06. The molecule has 5 nitrogen and oxygen atoms in total. The van der Waals surface area contributed by atoms with Gasteiger partial charge in [0.25, 0.3) is 5.91 Å². The summed E-state index contributed by atoms with van der Waals surface area (Å²) in [7, 11) is 0. The summed E-state index contributed by atoms with van der Waals surface area (Å²) in [5.41, 5.74) is -1.03. The lowest BCUT2D eigenvalue weighted by Gasteiger charge is -2.37. The zero-order chi connectivity index (χ0) is 18.9. The van der Waals surface area contributed by atoms with Crippen molar-refractivity contribution in [1.82, 2.24) is 4.90 Å². The molecule has 3 rings (SSSR count). The summed E-state index contributed by atoms with van der Waals surface area (Å²) >= 11 is 0. The highest BCUT2D eigenvalue weighted by Crippen LogP contribution is 2.33. The van der Waals surface area contributed by atoms with E-state index >= 15 is 0 Å². The SMILES string of the molecule is CC1(C(=O)O)CCCN(C(=O)c2cc3ccccc3cc2OC(F)F)C1. The van der Waals surface area contributed by atoms with Crippen molar-refractivity contribution in [3.63, 3.8) is 0 Å². The second kappa shape index (κ2) is 6.90. The third-order valence-corrected chi connectivity index (χ3v) is 4.79. The molecule has 0 aliphatic carbocycles. The molecule has 1 aliphatic heterocycles. The van der Waals surface area contributed by atoms with E-state index in [1.54, 1.807) is 31.2 Å². The van der Waals surface area contributed by atoms with E-state index in [4.69, 9.17) is 0 Å². The van der Waals surface area contributed by atoms with E-state index in [1.165, 1.54) is 17.0 Å². The zero-order valence-corrected chi connectivity index (χ0v) is 14.2. The van der Waals surface area contributed by atoms with Gasteiger partial charge < -0.3 is 14.7 Å². The molecule has 1 saturated heterocycles. The van der Waals surface area contributed by atoms with Gasteiger partial charge in [-0.3, -0.25) is 9.59 Å². The maximum Gasteiger partial charge on any atom is 0.387 e. The number of alkyl halides is 2. The summed E-state index contributed by atoms with van der Waals surface area (Å²) in [6, 6.07) is 9.99. The van der Waals surface area contributed by atoms with Gasteiger partial charge in [0.2, 0.25) is 0 Å². The van der Waals surface area contributed by atoms with Crippen LogP contribution in [0.15, 0.2) is 36.4 Å². The Balaban J connectivity index is 1.99. The van der Waals surface area contributed by atoms with Crippen LogP contribution in [-0.4, -0.2) is 41.6 Å². The maximum atomic E-state index is 13.0. The molecule has 1 heterocycles. The van der Waals surface area contributed by atoms with Gasteiger partial charge in [0.05, 0.1) is 11.0 Å². The Morgan fingerprint density at radius 1 is 1.23 bits per heavy atom. The van der Waals surface area contributed by atoms with Crippen molar-refractivity contribution in [2.24, 2.45) is 5.41 Å². The quantitative estimate of drug-likeness (QED) is 0.898. The number of fused-ring (bicyclic) bond motifs is 1. The van der Waals surface area contributed by atoms with Crippen molar-refractivity contribution in [1.29, 1.82) is 0 Å². The molecule has 2 aromatic rings. The summed E-state index contributed by atoms with van der Waals surface area (Å²) < 4.78 is 30.2. The normalized spacial score (nSPS) is 20.4. The topological polar surface area (TPSA) is 66.8 Å². The summed E-state index contributed by atoms with van der Waals surface area (Å²) in [5.74, 6) is -1.68. The third-order valence-electron chi connectivity index (χ3n) is 4.79. The highest BCUT2D eigenvalue weighted by atomic mass is 19.3. The molecule has 0 aromatic heterocycles. The van der Waals surface area contributed by atoms with Crippen LogP contribution < -0.4 is 4.74 Å². The largest absolute Gasteiger partial charge is 0.481 e. The molecular weight excluding hydrogens is 344 g/mol. The first-order chi connectivity index (χ1) is 12.3. The molecule has 2 aromatic carbocycles. The second-order valence-corrected chi connectivity index (χ2v) is 6.77. The Hall–Kier alpha value is -2.70. The smallest absolute Gasteiger partial charge is 0.387 e. The molecule has 1 fully saturated rings. The number of carbonyl (C=O) groups is 2. The van der Waals surface area contributed by atoms with E-state index in [1.807, 2.05) is 0 Å². The number of carboxylic acid groups (broad SMARTS) is 1. The fourth-order valence-corrected chi connectivity index (χ4v) is 3.34. The first kappa shape index (κ1) is 18.1. The predicted molar refractivity (Wildman–Crippen MR) is 91.5 cm³/mol. The van der Waals surface area contributed by atoms with Crippen molar-refractivity contribution in [3.8, 4) is 5.75 Å². The Kier molecular flexibility index (Phi) is 4.80. The van der Waals surface area contributed by atoms with Crippen LogP contribution in [0.3, 0.4) is 0 Å². The van der Waals surface area contributed by atoms with Gasteiger partial charge in [0, 0.05) is 13.1 Å². The predicted octanol–water partition coefficient (Wildman–Crippen LogP) is 3.77. The fourth-order valence-electron chi connectivity index (χ4n) is 3.34. The number of hydrogen-bond acceptors (Lipinski definition) is 3. The molecule has 138 valence electrons. The number of rotatable bonds is 4. The Labute approximate surface area is 149 Å². The van der Waals surface area contributed by atoms with Gasteiger partial charge in [-0.15, -0.1) is 0 Å². The van der Waals surface area contributed by atoms with E-state index < -0.39 is 23.9 Å². The number of halogens is 2. The minimum absolute atomic E-state index is 0.0126. The summed E-state index contributed by atoms with van der Waals surface area (Å²) in [6.07, 6.45) is 0.997. The van der Waals surface area contributed by atoms with Crippen LogP contribution in [0.1, 0.15) is 30.1 Å². The van der Waals surface area contributed by atoms with E-state index in [0.717, 1.165) is 5.39 Å². The van der Waals surface area contributed by atoms with Gasteiger partial charge >= 0.3 is 12.6 Å². The number of ether oxygens (including phenoxy) is 1. The van der Waals surface area contributed by atoms with Gasteiger partial charge in [-0.05, 0) is 42.7 Å². The Bertz CT molecular complexity index is 855. The molecule has 7 heteroatoms. The van der Waals surface area contributed by atoms with Gasteiger partial charge in [-0.25, -0.2) is 0 Å². The Morgan fingerprint density at radius 2 is 1.88 bits per heavy atom. The molecule has 26 heavy (non-hydrogen) atoms.